The third-order valence-corrected chi connectivity index (χ3v) is 3.36. The van der Waals surface area contributed by atoms with Gasteiger partial charge in [0, 0.05) is 26.7 Å². The Balaban J connectivity index is 0.00000289. The number of aliphatic imine (C=N–C) groups is 1. The summed E-state index contributed by atoms with van der Waals surface area (Å²) in [6.07, 6.45) is 3.83. The van der Waals surface area contributed by atoms with Crippen LogP contribution in [0.15, 0.2) is 4.99 Å². The summed E-state index contributed by atoms with van der Waals surface area (Å²) in [7, 11) is 1.83. The van der Waals surface area contributed by atoms with Crippen molar-refractivity contribution in [2.24, 2.45) is 10.9 Å². The number of halogens is 1. The van der Waals surface area contributed by atoms with Crippen LogP contribution in [0.5, 0.6) is 0 Å². The third kappa shape index (κ3) is 7.41. The number of likely N-dealkylation sites (tertiary alicyclic amines) is 1. The Morgan fingerprint density at radius 2 is 1.83 bits per heavy atom. The first kappa shape index (κ1) is 18.0. The fourth-order valence-corrected chi connectivity index (χ4v) is 2.08. The van der Waals surface area contributed by atoms with E-state index < -0.39 is 0 Å². The molecule has 1 aliphatic rings. The van der Waals surface area contributed by atoms with Crippen molar-refractivity contribution >= 4 is 29.9 Å². The van der Waals surface area contributed by atoms with E-state index in [1.165, 1.54) is 25.9 Å². The summed E-state index contributed by atoms with van der Waals surface area (Å²) >= 11 is 0. The van der Waals surface area contributed by atoms with E-state index in [1.807, 2.05) is 7.05 Å². The largest absolute Gasteiger partial charge is 0.356 e. The van der Waals surface area contributed by atoms with E-state index in [4.69, 9.17) is 0 Å². The van der Waals surface area contributed by atoms with Crippen LogP contribution in [0.25, 0.3) is 0 Å². The molecule has 1 rings (SSSR count). The van der Waals surface area contributed by atoms with Crippen molar-refractivity contribution in [1.29, 1.82) is 0 Å². The quantitative estimate of drug-likeness (QED) is 0.443. The topological polar surface area (TPSA) is 39.7 Å². The number of nitrogens with zero attached hydrogens (tertiary/aromatic N) is 2. The molecule has 2 N–H and O–H groups in total. The summed E-state index contributed by atoms with van der Waals surface area (Å²) in [6, 6.07) is 0. The normalized spacial score (nSPS) is 18.3. The molecule has 0 spiro atoms. The van der Waals surface area contributed by atoms with E-state index in [-0.39, 0.29) is 24.0 Å². The van der Waals surface area contributed by atoms with E-state index in [0.29, 0.717) is 0 Å². The lowest BCUT2D eigenvalue weighted by Crippen LogP contribution is -2.43. The first-order valence-electron chi connectivity index (χ1n) is 6.93. The highest BCUT2D eigenvalue weighted by atomic mass is 127. The van der Waals surface area contributed by atoms with E-state index in [9.17, 15) is 0 Å². The van der Waals surface area contributed by atoms with Gasteiger partial charge >= 0.3 is 0 Å². The molecule has 0 aromatic carbocycles. The first-order chi connectivity index (χ1) is 8.26. The lowest BCUT2D eigenvalue weighted by Gasteiger charge is -2.30. The highest BCUT2D eigenvalue weighted by Crippen LogP contribution is 2.14. The minimum atomic E-state index is 0. The number of hydrogen-bond donors (Lipinski definition) is 2. The molecule has 0 amide bonds. The van der Waals surface area contributed by atoms with Crippen LogP contribution in [0.1, 0.15) is 33.1 Å². The Morgan fingerprint density at radius 1 is 1.22 bits per heavy atom. The van der Waals surface area contributed by atoms with Crippen LogP contribution >= 0.6 is 24.0 Å². The molecule has 4 nitrogen and oxygen atoms in total. The van der Waals surface area contributed by atoms with Crippen molar-refractivity contribution in [2.45, 2.75) is 33.1 Å². The summed E-state index contributed by atoms with van der Waals surface area (Å²) in [5, 5.41) is 6.64. The SMILES string of the molecule is CCCNC(=NC)NCCN1CCC(C)CC1.I. The summed E-state index contributed by atoms with van der Waals surface area (Å²) in [5.74, 6) is 1.84. The van der Waals surface area contributed by atoms with Gasteiger partial charge in [-0.1, -0.05) is 13.8 Å². The minimum absolute atomic E-state index is 0. The predicted octanol–water partition coefficient (Wildman–Crippen LogP) is 1.91. The number of nitrogens with one attached hydrogen (secondary N) is 2. The zero-order valence-corrected chi connectivity index (χ0v) is 14.4. The van der Waals surface area contributed by atoms with Gasteiger partial charge in [0.15, 0.2) is 5.96 Å². The minimum Gasteiger partial charge on any atom is -0.356 e. The molecule has 1 heterocycles. The van der Waals surface area contributed by atoms with Gasteiger partial charge in [-0.05, 0) is 38.3 Å². The molecular formula is C13H29IN4. The van der Waals surface area contributed by atoms with Crippen molar-refractivity contribution in [3.05, 3.63) is 0 Å². The molecule has 1 fully saturated rings. The fraction of sp³-hybridized carbons (Fsp3) is 0.923. The Labute approximate surface area is 129 Å². The van der Waals surface area contributed by atoms with Gasteiger partial charge in [0.1, 0.15) is 0 Å². The van der Waals surface area contributed by atoms with Crippen molar-refractivity contribution in [3.8, 4) is 0 Å². The standard InChI is InChI=1S/C13H28N4.HI/c1-4-7-15-13(14-3)16-8-11-17-9-5-12(2)6-10-17;/h12H,4-11H2,1-3H3,(H2,14,15,16);1H. The molecule has 0 saturated carbocycles. The number of hydrogen-bond acceptors (Lipinski definition) is 2. The molecule has 0 aromatic heterocycles. The monoisotopic (exact) mass is 368 g/mol. The van der Waals surface area contributed by atoms with Gasteiger partial charge < -0.3 is 15.5 Å². The lowest BCUT2D eigenvalue weighted by atomic mass is 9.99. The van der Waals surface area contributed by atoms with E-state index >= 15 is 0 Å². The summed E-state index contributed by atoms with van der Waals surface area (Å²) in [6.45, 7) is 10.1. The molecule has 18 heavy (non-hydrogen) atoms. The third-order valence-electron chi connectivity index (χ3n) is 3.36. The summed E-state index contributed by atoms with van der Waals surface area (Å²) < 4.78 is 0. The molecule has 0 atom stereocenters. The second kappa shape index (κ2) is 10.8. The van der Waals surface area contributed by atoms with Crippen LogP contribution in [0, 0.1) is 5.92 Å². The molecule has 0 radical (unpaired) electrons. The fourth-order valence-electron chi connectivity index (χ4n) is 2.08. The van der Waals surface area contributed by atoms with Gasteiger partial charge in [0.05, 0.1) is 0 Å². The molecule has 0 unspecified atom stereocenters. The van der Waals surface area contributed by atoms with Crippen LogP contribution in [0.3, 0.4) is 0 Å². The maximum Gasteiger partial charge on any atom is 0.191 e. The molecule has 0 bridgehead atoms. The Morgan fingerprint density at radius 3 is 2.39 bits per heavy atom. The zero-order valence-electron chi connectivity index (χ0n) is 12.0. The van der Waals surface area contributed by atoms with Gasteiger partial charge in [-0.15, -0.1) is 24.0 Å². The van der Waals surface area contributed by atoms with Gasteiger partial charge in [-0.25, -0.2) is 0 Å². The van der Waals surface area contributed by atoms with Crippen LogP contribution in [-0.2, 0) is 0 Å². The summed E-state index contributed by atoms with van der Waals surface area (Å²) in [4.78, 5) is 6.74. The molecular weight excluding hydrogens is 339 g/mol. The van der Waals surface area contributed by atoms with Crippen LogP contribution in [-0.4, -0.2) is 50.6 Å². The van der Waals surface area contributed by atoms with E-state index in [1.54, 1.807) is 0 Å². The second-order valence-corrected chi connectivity index (χ2v) is 4.95. The number of guanidine groups is 1. The molecule has 0 aliphatic carbocycles. The van der Waals surface area contributed by atoms with Crippen LogP contribution < -0.4 is 10.6 Å². The van der Waals surface area contributed by atoms with Crippen molar-refractivity contribution in [1.82, 2.24) is 15.5 Å². The van der Waals surface area contributed by atoms with Gasteiger partial charge in [-0.3, -0.25) is 4.99 Å². The summed E-state index contributed by atoms with van der Waals surface area (Å²) in [5.41, 5.74) is 0. The van der Waals surface area contributed by atoms with Gasteiger partial charge in [-0.2, -0.15) is 0 Å². The maximum atomic E-state index is 4.20. The highest BCUT2D eigenvalue weighted by molar-refractivity contribution is 14.0. The lowest BCUT2D eigenvalue weighted by molar-refractivity contribution is 0.195. The van der Waals surface area contributed by atoms with Crippen molar-refractivity contribution < 1.29 is 0 Å². The second-order valence-electron chi connectivity index (χ2n) is 4.95. The van der Waals surface area contributed by atoms with Crippen molar-refractivity contribution in [2.75, 3.05) is 39.8 Å². The van der Waals surface area contributed by atoms with Gasteiger partial charge in [0.25, 0.3) is 0 Å². The molecule has 108 valence electrons. The zero-order chi connectivity index (χ0) is 12.5. The molecule has 0 aromatic rings. The Kier molecular flexibility index (Phi) is 10.8. The smallest absolute Gasteiger partial charge is 0.191 e. The molecule has 1 aliphatic heterocycles. The van der Waals surface area contributed by atoms with E-state index in [2.05, 4.69) is 34.4 Å². The van der Waals surface area contributed by atoms with Gasteiger partial charge in [0.2, 0.25) is 0 Å². The van der Waals surface area contributed by atoms with E-state index in [0.717, 1.165) is 37.9 Å². The number of rotatable bonds is 5. The van der Waals surface area contributed by atoms with Crippen molar-refractivity contribution in [3.63, 3.8) is 0 Å². The predicted molar refractivity (Wildman–Crippen MR) is 89.9 cm³/mol. The molecule has 5 heteroatoms. The molecule has 1 saturated heterocycles. The average molecular weight is 368 g/mol. The maximum absolute atomic E-state index is 4.20. The first-order valence-corrected chi connectivity index (χ1v) is 6.93. The number of piperidine rings is 1. The Hall–Kier alpha value is -0.0400. The Bertz CT molecular complexity index is 225. The highest BCUT2D eigenvalue weighted by Gasteiger charge is 2.14. The van der Waals surface area contributed by atoms with Crippen LogP contribution in [0.2, 0.25) is 0 Å². The average Bonchev–Trinajstić information content (AvgIpc) is 2.36. The van der Waals surface area contributed by atoms with Crippen LogP contribution in [0.4, 0.5) is 0 Å².